The van der Waals surface area contributed by atoms with E-state index < -0.39 is 0 Å². The highest BCUT2D eigenvalue weighted by Gasteiger charge is 2.22. The quantitative estimate of drug-likeness (QED) is 0.789. The van der Waals surface area contributed by atoms with Gasteiger partial charge in [-0.25, -0.2) is 0 Å². The van der Waals surface area contributed by atoms with Gasteiger partial charge < -0.3 is 15.1 Å². The molecule has 1 N–H and O–H groups in total. The second kappa shape index (κ2) is 8.16. The van der Waals surface area contributed by atoms with Gasteiger partial charge in [-0.15, -0.1) is 0 Å². The van der Waals surface area contributed by atoms with Crippen LogP contribution in [0.4, 0.5) is 5.69 Å². The largest absolute Gasteiger partial charge is 0.371 e. The fourth-order valence-corrected chi connectivity index (χ4v) is 3.43. The Hall–Kier alpha value is -0.580. The fourth-order valence-electron chi connectivity index (χ4n) is 3.02. The summed E-state index contributed by atoms with van der Waals surface area (Å²) in [5.74, 6) is 0. The van der Waals surface area contributed by atoms with E-state index in [-0.39, 0.29) is 0 Å². The highest BCUT2D eigenvalue weighted by Crippen LogP contribution is 2.28. The molecule has 21 heavy (non-hydrogen) atoms. The minimum Gasteiger partial charge on any atom is -0.371 e. The van der Waals surface area contributed by atoms with Crippen molar-refractivity contribution in [2.24, 2.45) is 0 Å². The van der Waals surface area contributed by atoms with E-state index >= 15 is 0 Å². The average molecular weight is 354 g/mol. The monoisotopic (exact) mass is 353 g/mol. The number of hydrogen-bond acceptors (Lipinski definition) is 3. The Labute approximate surface area is 137 Å². The molecule has 0 radical (unpaired) electrons. The maximum Gasteiger partial charge on any atom is 0.0412 e. The second-order valence-electron chi connectivity index (χ2n) is 6.10. The molecule has 1 fully saturated rings. The van der Waals surface area contributed by atoms with Gasteiger partial charge in [0.05, 0.1) is 0 Å². The lowest BCUT2D eigenvalue weighted by atomic mass is 10.0. The van der Waals surface area contributed by atoms with Gasteiger partial charge in [-0.2, -0.15) is 0 Å². The molecule has 1 heterocycles. The van der Waals surface area contributed by atoms with Crippen molar-refractivity contribution in [2.45, 2.75) is 38.8 Å². The van der Waals surface area contributed by atoms with Gasteiger partial charge in [0, 0.05) is 29.8 Å². The first-order valence-electron chi connectivity index (χ1n) is 8.02. The van der Waals surface area contributed by atoms with Crippen molar-refractivity contribution < 1.29 is 0 Å². The van der Waals surface area contributed by atoms with Crippen molar-refractivity contribution in [3.05, 3.63) is 28.2 Å². The van der Waals surface area contributed by atoms with Crippen LogP contribution in [0.3, 0.4) is 0 Å². The predicted octanol–water partition coefficient (Wildman–Crippen LogP) is 3.48. The van der Waals surface area contributed by atoms with Crippen LogP contribution in [0.25, 0.3) is 0 Å². The van der Waals surface area contributed by atoms with E-state index in [1.165, 1.54) is 43.6 Å². The summed E-state index contributed by atoms with van der Waals surface area (Å²) >= 11 is 3.61. The molecule has 4 heteroatoms. The smallest absolute Gasteiger partial charge is 0.0412 e. The second-order valence-corrected chi connectivity index (χ2v) is 7.01. The topological polar surface area (TPSA) is 18.5 Å². The molecule has 0 bridgehead atoms. The fraction of sp³-hybridized carbons (Fsp3) is 0.647. The van der Waals surface area contributed by atoms with Crippen molar-refractivity contribution in [1.29, 1.82) is 0 Å². The summed E-state index contributed by atoms with van der Waals surface area (Å²) in [6, 6.07) is 7.33. The molecule has 0 saturated carbocycles. The van der Waals surface area contributed by atoms with E-state index in [9.17, 15) is 0 Å². The third-order valence-electron chi connectivity index (χ3n) is 4.40. The molecular weight excluding hydrogens is 326 g/mol. The summed E-state index contributed by atoms with van der Waals surface area (Å²) < 4.78 is 1.16. The Morgan fingerprint density at radius 1 is 1.33 bits per heavy atom. The predicted molar refractivity (Wildman–Crippen MR) is 95.1 cm³/mol. The summed E-state index contributed by atoms with van der Waals surface area (Å²) in [4.78, 5) is 4.91. The third kappa shape index (κ3) is 4.70. The molecule has 118 valence electrons. The molecule has 1 aromatic carbocycles. The Balaban J connectivity index is 2.09. The van der Waals surface area contributed by atoms with Gasteiger partial charge in [0.15, 0.2) is 0 Å². The zero-order valence-electron chi connectivity index (χ0n) is 13.5. The summed E-state index contributed by atoms with van der Waals surface area (Å²) in [7, 11) is 4.47. The van der Waals surface area contributed by atoms with Crippen molar-refractivity contribution in [3.63, 3.8) is 0 Å². The number of piperidine rings is 1. The van der Waals surface area contributed by atoms with Crippen molar-refractivity contribution in [2.75, 3.05) is 38.6 Å². The van der Waals surface area contributed by atoms with Crippen LogP contribution in [0.1, 0.15) is 31.7 Å². The molecule has 1 saturated heterocycles. The summed E-state index contributed by atoms with van der Waals surface area (Å²) in [6.45, 7) is 6.63. The van der Waals surface area contributed by atoms with Crippen molar-refractivity contribution >= 4 is 21.6 Å². The molecule has 1 aliphatic rings. The average Bonchev–Trinajstić information content (AvgIpc) is 2.48. The number of anilines is 1. The highest BCUT2D eigenvalue weighted by atomic mass is 79.9. The van der Waals surface area contributed by atoms with E-state index in [1.807, 2.05) is 0 Å². The van der Waals surface area contributed by atoms with E-state index in [0.717, 1.165) is 17.6 Å². The lowest BCUT2D eigenvalue weighted by molar-refractivity contribution is 0.252. The van der Waals surface area contributed by atoms with E-state index in [4.69, 9.17) is 0 Å². The molecule has 1 aromatic rings. The number of halogens is 1. The number of rotatable bonds is 6. The van der Waals surface area contributed by atoms with Crippen molar-refractivity contribution in [1.82, 2.24) is 10.2 Å². The molecule has 0 amide bonds. The molecule has 0 spiro atoms. The number of nitrogens with one attached hydrogen (secondary N) is 1. The molecule has 0 atom stereocenters. The van der Waals surface area contributed by atoms with Crippen LogP contribution < -0.4 is 10.2 Å². The number of hydrogen-bond donors (Lipinski definition) is 1. The van der Waals surface area contributed by atoms with E-state index in [1.54, 1.807) is 0 Å². The lowest BCUT2D eigenvalue weighted by Gasteiger charge is -2.37. The summed E-state index contributed by atoms with van der Waals surface area (Å²) in [5.41, 5.74) is 2.76. The highest BCUT2D eigenvalue weighted by molar-refractivity contribution is 9.10. The lowest BCUT2D eigenvalue weighted by Crippen LogP contribution is -2.42. The Kier molecular flexibility index (Phi) is 6.52. The van der Waals surface area contributed by atoms with E-state index in [0.29, 0.717) is 6.04 Å². The number of likely N-dealkylation sites (tertiary alicyclic amines) is 1. The maximum atomic E-state index is 3.61. The van der Waals surface area contributed by atoms with Gasteiger partial charge in [-0.3, -0.25) is 0 Å². The molecule has 3 nitrogen and oxygen atoms in total. The third-order valence-corrected chi connectivity index (χ3v) is 4.89. The maximum absolute atomic E-state index is 3.61. The first-order chi connectivity index (χ1) is 10.1. The van der Waals surface area contributed by atoms with Crippen LogP contribution in [0, 0.1) is 0 Å². The van der Waals surface area contributed by atoms with Gasteiger partial charge in [0.2, 0.25) is 0 Å². The zero-order valence-corrected chi connectivity index (χ0v) is 15.1. The van der Waals surface area contributed by atoms with Crippen LogP contribution >= 0.6 is 15.9 Å². The Bertz CT molecular complexity index is 442. The van der Waals surface area contributed by atoms with Gasteiger partial charge in [-0.05, 0) is 69.7 Å². The van der Waals surface area contributed by atoms with Gasteiger partial charge >= 0.3 is 0 Å². The standard InChI is InChI=1S/C17H28BrN3/c1-4-9-19-13-14-12-15(18)5-6-17(14)21(3)16-7-10-20(2)11-8-16/h5-6,12,16,19H,4,7-11,13H2,1-3H3. The van der Waals surface area contributed by atoms with Crippen LogP contribution in [0.5, 0.6) is 0 Å². The first-order valence-corrected chi connectivity index (χ1v) is 8.81. The van der Waals surface area contributed by atoms with Crippen LogP contribution in [-0.2, 0) is 6.54 Å². The normalized spacial score (nSPS) is 17.1. The Morgan fingerprint density at radius 3 is 2.71 bits per heavy atom. The summed E-state index contributed by atoms with van der Waals surface area (Å²) in [6.07, 6.45) is 3.68. The molecule has 0 aliphatic carbocycles. The van der Waals surface area contributed by atoms with Gasteiger partial charge in [0.25, 0.3) is 0 Å². The molecule has 2 rings (SSSR count). The Morgan fingerprint density at radius 2 is 2.05 bits per heavy atom. The minimum absolute atomic E-state index is 0.660. The number of nitrogens with zero attached hydrogens (tertiary/aromatic N) is 2. The molecule has 1 aliphatic heterocycles. The SMILES string of the molecule is CCCNCc1cc(Br)ccc1N(C)C1CCN(C)CC1. The molecular formula is C17H28BrN3. The molecule has 0 unspecified atom stereocenters. The zero-order chi connectivity index (χ0) is 15.2. The van der Waals surface area contributed by atoms with Crippen LogP contribution in [0.15, 0.2) is 22.7 Å². The summed E-state index contributed by atoms with van der Waals surface area (Å²) in [5, 5.41) is 3.53. The van der Waals surface area contributed by atoms with Gasteiger partial charge in [0.1, 0.15) is 0 Å². The first kappa shape index (κ1) is 16.8. The van der Waals surface area contributed by atoms with E-state index in [2.05, 4.69) is 70.3 Å². The minimum atomic E-state index is 0.660. The van der Waals surface area contributed by atoms with Gasteiger partial charge in [-0.1, -0.05) is 22.9 Å². The van der Waals surface area contributed by atoms with Crippen LogP contribution in [0.2, 0.25) is 0 Å². The number of benzene rings is 1. The van der Waals surface area contributed by atoms with Crippen LogP contribution in [-0.4, -0.2) is 44.7 Å². The molecule has 0 aromatic heterocycles. The van der Waals surface area contributed by atoms with Crippen molar-refractivity contribution in [3.8, 4) is 0 Å².